The van der Waals surface area contributed by atoms with Crippen LogP contribution < -0.4 is 11.1 Å². The third-order valence-electron chi connectivity index (χ3n) is 4.02. The summed E-state index contributed by atoms with van der Waals surface area (Å²) in [6.07, 6.45) is 6.29. The maximum atomic E-state index is 11.3. The summed E-state index contributed by atoms with van der Waals surface area (Å²) in [7, 11) is 1.74. The van der Waals surface area contributed by atoms with E-state index in [1.165, 1.54) is 19.3 Å². The van der Waals surface area contributed by atoms with Gasteiger partial charge in [-0.1, -0.05) is 26.2 Å². The molecule has 1 fully saturated rings. The second kappa shape index (κ2) is 6.36. The Morgan fingerprint density at radius 2 is 2.24 bits per heavy atom. The van der Waals surface area contributed by atoms with Crippen LogP contribution in [0.1, 0.15) is 46.0 Å². The minimum atomic E-state index is -0.751. The van der Waals surface area contributed by atoms with E-state index in [-0.39, 0.29) is 5.91 Å². The van der Waals surface area contributed by atoms with Crippen LogP contribution in [0, 0.1) is 5.92 Å². The van der Waals surface area contributed by atoms with Crippen LogP contribution in [0.25, 0.3) is 0 Å². The molecule has 0 heterocycles. The molecule has 0 saturated heterocycles. The van der Waals surface area contributed by atoms with Gasteiger partial charge in [0.2, 0.25) is 5.91 Å². The number of hydrogen-bond donors (Lipinski definition) is 2. The lowest BCUT2D eigenvalue weighted by Crippen LogP contribution is -2.55. The molecular weight excluding hydrogens is 216 g/mol. The Balaban J connectivity index is 2.41. The van der Waals surface area contributed by atoms with Crippen molar-refractivity contribution in [3.05, 3.63) is 0 Å². The fourth-order valence-corrected chi connectivity index (χ4v) is 2.31. The minimum Gasteiger partial charge on any atom is -0.376 e. The van der Waals surface area contributed by atoms with Crippen molar-refractivity contribution in [2.75, 3.05) is 13.7 Å². The van der Waals surface area contributed by atoms with Gasteiger partial charge in [0.1, 0.15) is 5.54 Å². The molecule has 4 heteroatoms. The van der Waals surface area contributed by atoms with Crippen LogP contribution in [-0.4, -0.2) is 31.2 Å². The van der Waals surface area contributed by atoms with Crippen molar-refractivity contribution in [3.8, 4) is 0 Å². The number of ether oxygens (including phenoxy) is 1. The molecule has 0 radical (unpaired) electrons. The van der Waals surface area contributed by atoms with Crippen molar-refractivity contribution < 1.29 is 9.53 Å². The Kier molecular flexibility index (Phi) is 5.40. The molecule has 1 saturated carbocycles. The Bertz CT molecular complexity index is 258. The number of carbonyl (C=O) groups excluding carboxylic acids is 1. The molecule has 3 N–H and O–H groups in total. The summed E-state index contributed by atoms with van der Waals surface area (Å²) >= 11 is 0. The molecule has 1 aliphatic carbocycles. The van der Waals surface area contributed by atoms with Crippen LogP contribution in [0.15, 0.2) is 0 Å². The lowest BCUT2D eigenvalue weighted by atomic mass is 9.85. The van der Waals surface area contributed by atoms with Crippen molar-refractivity contribution in [1.29, 1.82) is 0 Å². The summed E-state index contributed by atoms with van der Waals surface area (Å²) in [5, 5.41) is 2.94. The first-order chi connectivity index (χ1) is 8.01. The van der Waals surface area contributed by atoms with E-state index in [9.17, 15) is 4.79 Å². The zero-order valence-electron chi connectivity index (χ0n) is 11.3. The van der Waals surface area contributed by atoms with Gasteiger partial charge in [-0.05, 0) is 32.7 Å². The van der Waals surface area contributed by atoms with Crippen molar-refractivity contribution in [2.24, 2.45) is 11.7 Å². The first-order valence-corrected chi connectivity index (χ1v) is 6.62. The van der Waals surface area contributed by atoms with Crippen LogP contribution in [0.2, 0.25) is 0 Å². The lowest BCUT2D eigenvalue weighted by molar-refractivity contribution is -0.127. The van der Waals surface area contributed by atoms with Gasteiger partial charge in [-0.15, -0.1) is 0 Å². The normalized spacial score (nSPS) is 28.6. The molecule has 0 aliphatic heterocycles. The number of likely N-dealkylation sites (N-methyl/N-ethyl adjacent to an activating group) is 1. The van der Waals surface area contributed by atoms with Gasteiger partial charge in [0.25, 0.3) is 0 Å². The van der Waals surface area contributed by atoms with Crippen LogP contribution >= 0.6 is 0 Å². The largest absolute Gasteiger partial charge is 0.376 e. The van der Waals surface area contributed by atoms with Gasteiger partial charge in [-0.2, -0.15) is 0 Å². The van der Waals surface area contributed by atoms with Gasteiger partial charge < -0.3 is 15.8 Å². The van der Waals surface area contributed by atoms with Crippen molar-refractivity contribution in [3.63, 3.8) is 0 Å². The fourth-order valence-electron chi connectivity index (χ4n) is 2.31. The highest BCUT2D eigenvalue weighted by atomic mass is 16.5. The summed E-state index contributed by atoms with van der Waals surface area (Å²) < 4.78 is 5.87. The highest BCUT2D eigenvalue weighted by molar-refractivity contribution is 5.84. The number of nitrogens with one attached hydrogen (secondary N) is 1. The lowest BCUT2D eigenvalue weighted by Gasteiger charge is -2.32. The van der Waals surface area contributed by atoms with E-state index in [2.05, 4.69) is 12.2 Å². The number of nitrogens with two attached hydrogens (primary N) is 1. The minimum absolute atomic E-state index is 0.292. The number of amides is 1. The zero-order chi connectivity index (χ0) is 12.9. The molecule has 0 aromatic heterocycles. The molecule has 17 heavy (non-hydrogen) atoms. The molecule has 0 aromatic carbocycles. The first-order valence-electron chi connectivity index (χ1n) is 6.62. The van der Waals surface area contributed by atoms with Crippen molar-refractivity contribution in [2.45, 2.75) is 57.6 Å². The summed E-state index contributed by atoms with van der Waals surface area (Å²) in [6, 6.07) is 0. The van der Waals surface area contributed by atoms with E-state index >= 15 is 0 Å². The number of rotatable bonds is 6. The molecule has 3 atom stereocenters. The van der Waals surface area contributed by atoms with E-state index in [0.717, 1.165) is 18.8 Å². The Morgan fingerprint density at radius 1 is 1.53 bits per heavy atom. The van der Waals surface area contributed by atoms with Gasteiger partial charge in [0, 0.05) is 0 Å². The van der Waals surface area contributed by atoms with E-state index < -0.39 is 5.54 Å². The standard InChI is InChI=1S/C13H26N2O2/c1-4-10-6-5-7-11(8-10)17-9-13(2,15-3)12(14)16/h10-11,15H,4-9H2,1-3H3,(H2,14,16). The monoisotopic (exact) mass is 242 g/mol. The van der Waals surface area contributed by atoms with E-state index in [4.69, 9.17) is 10.5 Å². The molecule has 1 aliphatic rings. The number of primary amides is 1. The van der Waals surface area contributed by atoms with Crippen LogP contribution in [0.5, 0.6) is 0 Å². The fraction of sp³-hybridized carbons (Fsp3) is 0.923. The molecule has 0 spiro atoms. The summed E-state index contributed by atoms with van der Waals surface area (Å²) in [5.41, 5.74) is 4.62. The van der Waals surface area contributed by atoms with Crippen LogP contribution in [0.3, 0.4) is 0 Å². The first kappa shape index (κ1) is 14.5. The average Bonchev–Trinajstić information content (AvgIpc) is 2.36. The Labute approximate surface area is 104 Å². The van der Waals surface area contributed by atoms with Gasteiger partial charge in [-0.3, -0.25) is 4.79 Å². The van der Waals surface area contributed by atoms with E-state index in [0.29, 0.717) is 12.7 Å². The summed E-state index contributed by atoms with van der Waals surface area (Å²) in [5.74, 6) is 0.422. The Hall–Kier alpha value is -0.610. The highest BCUT2D eigenvalue weighted by Crippen LogP contribution is 2.28. The molecular formula is C13H26N2O2. The molecule has 1 rings (SSSR count). The second-order valence-electron chi connectivity index (χ2n) is 5.32. The quantitative estimate of drug-likeness (QED) is 0.740. The Morgan fingerprint density at radius 3 is 2.76 bits per heavy atom. The molecule has 3 unspecified atom stereocenters. The number of hydrogen-bond acceptors (Lipinski definition) is 3. The van der Waals surface area contributed by atoms with Gasteiger partial charge in [0.05, 0.1) is 12.7 Å². The number of carbonyl (C=O) groups is 1. The van der Waals surface area contributed by atoms with Crippen molar-refractivity contribution in [1.82, 2.24) is 5.32 Å². The van der Waals surface area contributed by atoms with Crippen LogP contribution in [-0.2, 0) is 9.53 Å². The third kappa shape index (κ3) is 3.96. The van der Waals surface area contributed by atoms with Gasteiger partial charge >= 0.3 is 0 Å². The summed E-state index contributed by atoms with van der Waals surface area (Å²) in [6.45, 7) is 4.38. The molecule has 1 amide bonds. The highest BCUT2D eigenvalue weighted by Gasteiger charge is 2.31. The van der Waals surface area contributed by atoms with Crippen LogP contribution in [0.4, 0.5) is 0 Å². The maximum absolute atomic E-state index is 11.3. The second-order valence-corrected chi connectivity index (χ2v) is 5.32. The average molecular weight is 242 g/mol. The van der Waals surface area contributed by atoms with E-state index in [1.807, 2.05) is 0 Å². The molecule has 100 valence electrons. The third-order valence-corrected chi connectivity index (χ3v) is 4.02. The topological polar surface area (TPSA) is 64.3 Å². The van der Waals surface area contributed by atoms with Gasteiger partial charge in [0.15, 0.2) is 0 Å². The summed E-state index contributed by atoms with van der Waals surface area (Å²) in [4.78, 5) is 11.3. The van der Waals surface area contributed by atoms with E-state index in [1.54, 1.807) is 14.0 Å². The molecule has 0 bridgehead atoms. The maximum Gasteiger partial charge on any atom is 0.239 e. The zero-order valence-corrected chi connectivity index (χ0v) is 11.3. The predicted octanol–water partition coefficient (Wildman–Crippen LogP) is 1.44. The SMILES string of the molecule is CCC1CCCC(OCC(C)(NC)C(N)=O)C1. The van der Waals surface area contributed by atoms with Gasteiger partial charge in [-0.25, -0.2) is 0 Å². The molecule has 0 aromatic rings. The van der Waals surface area contributed by atoms with Crippen molar-refractivity contribution >= 4 is 5.91 Å². The smallest absolute Gasteiger partial charge is 0.239 e. The predicted molar refractivity (Wildman–Crippen MR) is 68.6 cm³/mol. The molecule has 4 nitrogen and oxygen atoms in total.